The van der Waals surface area contributed by atoms with Crippen molar-refractivity contribution in [1.29, 1.82) is 0 Å². The highest BCUT2D eigenvalue weighted by Crippen LogP contribution is 2.41. The van der Waals surface area contributed by atoms with Gasteiger partial charge in [0.25, 0.3) is 11.6 Å². The molecule has 4 rings (SSSR count). The molecule has 0 bridgehead atoms. The second-order valence-electron chi connectivity index (χ2n) is 9.49. The third-order valence-corrected chi connectivity index (χ3v) is 7.04. The Morgan fingerprint density at radius 1 is 0.939 bits per heavy atom. The highest BCUT2D eigenvalue weighted by molar-refractivity contribution is 5.98. The lowest BCUT2D eigenvalue weighted by molar-refractivity contribution is -0.385. The van der Waals surface area contributed by atoms with Crippen LogP contribution in [0.4, 0.5) is 16.2 Å². The second-order valence-corrected chi connectivity index (χ2v) is 9.49. The predicted molar refractivity (Wildman–Crippen MR) is 127 cm³/mol. The molecule has 0 unspecified atom stereocenters. The summed E-state index contributed by atoms with van der Waals surface area (Å²) in [6, 6.07) is 10.5. The lowest BCUT2D eigenvalue weighted by atomic mass is 9.78. The van der Waals surface area contributed by atoms with Gasteiger partial charge in [-0.25, -0.2) is 4.79 Å². The highest BCUT2D eigenvalue weighted by atomic mass is 16.6. The number of hydrogen-bond donors (Lipinski definition) is 1. The van der Waals surface area contributed by atoms with Gasteiger partial charge in [0, 0.05) is 37.9 Å². The van der Waals surface area contributed by atoms with E-state index < -0.39 is 4.92 Å². The SMILES string of the molecule is Cc1ccc(NC(=O)N2CCC3(CC2)CCN(C(=O)c2cc(C)ccc2[N+](=O)[O-])C3)c(C)c1. The minimum Gasteiger partial charge on any atom is -0.338 e. The van der Waals surface area contributed by atoms with E-state index in [0.717, 1.165) is 41.6 Å². The van der Waals surface area contributed by atoms with Gasteiger partial charge in [-0.1, -0.05) is 23.8 Å². The number of nitro groups is 1. The number of benzene rings is 2. The standard InChI is InChI=1S/C25H30N4O4/c1-17-4-6-21(19(3)14-17)26-24(31)27-11-8-25(9-12-27)10-13-28(16-25)23(30)20-15-18(2)5-7-22(20)29(32)33/h4-7,14-15H,8-13,16H2,1-3H3,(H,26,31). The lowest BCUT2D eigenvalue weighted by Crippen LogP contribution is -2.46. The number of nitro benzene ring substituents is 1. The van der Waals surface area contributed by atoms with Gasteiger partial charge in [-0.2, -0.15) is 0 Å². The number of piperidine rings is 1. The monoisotopic (exact) mass is 450 g/mol. The van der Waals surface area contributed by atoms with Crippen molar-refractivity contribution in [3.63, 3.8) is 0 Å². The van der Waals surface area contributed by atoms with Crippen LogP contribution in [0.3, 0.4) is 0 Å². The number of carbonyl (C=O) groups is 2. The normalized spacial score (nSPS) is 17.3. The summed E-state index contributed by atoms with van der Waals surface area (Å²) in [4.78, 5) is 40.4. The Morgan fingerprint density at radius 3 is 2.18 bits per heavy atom. The molecule has 2 aromatic carbocycles. The van der Waals surface area contributed by atoms with Crippen LogP contribution in [0.5, 0.6) is 0 Å². The van der Waals surface area contributed by atoms with Crippen molar-refractivity contribution in [3.8, 4) is 0 Å². The van der Waals surface area contributed by atoms with Crippen molar-refractivity contribution in [2.45, 2.75) is 40.0 Å². The Hall–Kier alpha value is -3.42. The van der Waals surface area contributed by atoms with Gasteiger partial charge in [-0.15, -0.1) is 0 Å². The number of anilines is 1. The molecule has 0 aromatic heterocycles. The third kappa shape index (κ3) is 4.69. The molecule has 2 fully saturated rings. The number of carbonyl (C=O) groups excluding carboxylic acids is 2. The van der Waals surface area contributed by atoms with Gasteiger partial charge in [0.05, 0.1) is 4.92 Å². The van der Waals surface area contributed by atoms with E-state index in [9.17, 15) is 19.7 Å². The summed E-state index contributed by atoms with van der Waals surface area (Å²) in [5.74, 6) is -0.280. The van der Waals surface area contributed by atoms with E-state index in [0.29, 0.717) is 26.2 Å². The maximum atomic E-state index is 13.1. The number of likely N-dealkylation sites (tertiary alicyclic amines) is 2. The van der Waals surface area contributed by atoms with Crippen molar-refractivity contribution in [2.24, 2.45) is 5.41 Å². The van der Waals surface area contributed by atoms with E-state index in [1.807, 2.05) is 43.9 Å². The average molecular weight is 451 g/mol. The first-order chi connectivity index (χ1) is 15.7. The van der Waals surface area contributed by atoms with Crippen LogP contribution in [0, 0.1) is 36.3 Å². The van der Waals surface area contributed by atoms with Crippen molar-refractivity contribution >= 4 is 23.3 Å². The average Bonchev–Trinajstić information content (AvgIpc) is 3.18. The van der Waals surface area contributed by atoms with Crippen LogP contribution in [-0.2, 0) is 0 Å². The van der Waals surface area contributed by atoms with Crippen LogP contribution in [0.15, 0.2) is 36.4 Å². The first kappa shape index (κ1) is 22.8. The van der Waals surface area contributed by atoms with Crippen LogP contribution >= 0.6 is 0 Å². The highest BCUT2D eigenvalue weighted by Gasteiger charge is 2.43. The summed E-state index contributed by atoms with van der Waals surface area (Å²) in [6.45, 7) is 8.24. The van der Waals surface area contributed by atoms with E-state index in [2.05, 4.69) is 5.32 Å². The fourth-order valence-corrected chi connectivity index (χ4v) is 5.00. The summed E-state index contributed by atoms with van der Waals surface area (Å²) < 4.78 is 0. The topological polar surface area (TPSA) is 95.8 Å². The molecule has 2 heterocycles. The molecule has 3 amide bonds. The van der Waals surface area contributed by atoms with Gasteiger partial charge in [0.15, 0.2) is 0 Å². The number of nitrogens with one attached hydrogen (secondary N) is 1. The zero-order valence-corrected chi connectivity index (χ0v) is 19.4. The van der Waals surface area contributed by atoms with Crippen LogP contribution in [0.2, 0.25) is 0 Å². The number of hydrogen-bond acceptors (Lipinski definition) is 4. The molecule has 0 saturated carbocycles. The molecule has 33 heavy (non-hydrogen) atoms. The van der Waals surface area contributed by atoms with Gasteiger partial charge >= 0.3 is 6.03 Å². The minimum atomic E-state index is -0.495. The van der Waals surface area contributed by atoms with E-state index in [4.69, 9.17) is 0 Å². The molecule has 2 saturated heterocycles. The number of amides is 3. The maximum Gasteiger partial charge on any atom is 0.321 e. The molecular formula is C25H30N4O4. The largest absolute Gasteiger partial charge is 0.338 e. The lowest BCUT2D eigenvalue weighted by Gasteiger charge is -2.39. The van der Waals surface area contributed by atoms with E-state index in [1.165, 1.54) is 6.07 Å². The summed E-state index contributed by atoms with van der Waals surface area (Å²) in [5.41, 5.74) is 3.80. The number of urea groups is 1. The molecule has 8 nitrogen and oxygen atoms in total. The second kappa shape index (κ2) is 8.84. The Bertz CT molecular complexity index is 1110. The van der Waals surface area contributed by atoms with E-state index in [-0.39, 0.29) is 28.6 Å². The summed E-state index contributed by atoms with van der Waals surface area (Å²) in [7, 11) is 0. The molecular weight excluding hydrogens is 420 g/mol. The van der Waals surface area contributed by atoms with Gasteiger partial charge in [0.1, 0.15) is 5.56 Å². The fourth-order valence-electron chi connectivity index (χ4n) is 5.00. The molecule has 174 valence electrons. The third-order valence-electron chi connectivity index (χ3n) is 7.04. The van der Waals surface area contributed by atoms with Crippen LogP contribution in [-0.4, -0.2) is 52.8 Å². The minimum absolute atomic E-state index is 0.0369. The number of nitrogens with zero attached hydrogens (tertiary/aromatic N) is 3. The molecule has 0 radical (unpaired) electrons. The fraction of sp³-hybridized carbons (Fsp3) is 0.440. The van der Waals surface area contributed by atoms with Gasteiger partial charge < -0.3 is 15.1 Å². The van der Waals surface area contributed by atoms with Crippen molar-refractivity contribution < 1.29 is 14.5 Å². The van der Waals surface area contributed by atoms with Crippen LogP contribution < -0.4 is 5.32 Å². The summed E-state index contributed by atoms with van der Waals surface area (Å²) in [6.07, 6.45) is 2.48. The van der Waals surface area contributed by atoms with E-state index in [1.54, 1.807) is 17.0 Å². The van der Waals surface area contributed by atoms with E-state index >= 15 is 0 Å². The zero-order chi connectivity index (χ0) is 23.8. The molecule has 0 atom stereocenters. The summed E-state index contributed by atoms with van der Waals surface area (Å²) in [5, 5.41) is 14.4. The molecule has 1 spiro atoms. The van der Waals surface area contributed by atoms with Crippen LogP contribution in [0.25, 0.3) is 0 Å². The molecule has 2 aliphatic heterocycles. The molecule has 2 aliphatic rings. The molecule has 2 aromatic rings. The Morgan fingerprint density at radius 2 is 1.55 bits per heavy atom. The van der Waals surface area contributed by atoms with Gasteiger partial charge in [-0.05, 0) is 68.7 Å². The molecule has 1 N–H and O–H groups in total. The maximum absolute atomic E-state index is 13.1. The quantitative estimate of drug-likeness (QED) is 0.542. The number of aryl methyl sites for hydroxylation is 3. The van der Waals surface area contributed by atoms with Crippen LogP contribution in [0.1, 0.15) is 46.3 Å². The smallest absolute Gasteiger partial charge is 0.321 e. The Kier molecular flexibility index (Phi) is 6.10. The number of rotatable bonds is 3. The van der Waals surface area contributed by atoms with Crippen molar-refractivity contribution in [1.82, 2.24) is 9.80 Å². The Labute approximate surface area is 193 Å². The predicted octanol–water partition coefficient (Wildman–Crippen LogP) is 4.68. The molecule has 0 aliphatic carbocycles. The van der Waals surface area contributed by atoms with Gasteiger partial charge in [-0.3, -0.25) is 14.9 Å². The Balaban J connectivity index is 1.38. The molecule has 8 heteroatoms. The van der Waals surface area contributed by atoms with Crippen molar-refractivity contribution in [3.05, 3.63) is 68.8 Å². The first-order valence-corrected chi connectivity index (χ1v) is 11.3. The summed E-state index contributed by atoms with van der Waals surface area (Å²) >= 11 is 0. The van der Waals surface area contributed by atoms with Gasteiger partial charge in [0.2, 0.25) is 0 Å². The first-order valence-electron chi connectivity index (χ1n) is 11.3. The zero-order valence-electron chi connectivity index (χ0n) is 19.4. The van der Waals surface area contributed by atoms with Crippen molar-refractivity contribution in [2.75, 3.05) is 31.5 Å².